The topological polar surface area (TPSA) is 105 Å². The molecule has 2 aromatic carbocycles. The number of piperidine rings is 1. The van der Waals surface area contributed by atoms with Gasteiger partial charge in [-0.15, -0.1) is 10.2 Å². The molecule has 1 atom stereocenters. The highest BCUT2D eigenvalue weighted by Gasteiger charge is 2.38. The molecule has 2 N–H and O–H groups in total. The molecule has 12 heteroatoms. The Morgan fingerprint density at radius 1 is 1.14 bits per heavy atom. The van der Waals surface area contributed by atoms with Gasteiger partial charge in [0.15, 0.2) is 0 Å². The van der Waals surface area contributed by atoms with E-state index in [2.05, 4.69) is 20.7 Å². The van der Waals surface area contributed by atoms with Crippen LogP contribution >= 0.6 is 0 Å². The van der Waals surface area contributed by atoms with E-state index < -0.39 is 29.0 Å². The summed E-state index contributed by atoms with van der Waals surface area (Å²) in [6.07, 6.45) is -3.85. The van der Waals surface area contributed by atoms with Crippen LogP contribution in [-0.2, 0) is 17.5 Å². The summed E-state index contributed by atoms with van der Waals surface area (Å²) in [5.74, 6) is 0.276. The Hall–Kier alpha value is -3.67. The minimum absolute atomic E-state index is 0.0216. The third-order valence-electron chi connectivity index (χ3n) is 5.75. The summed E-state index contributed by atoms with van der Waals surface area (Å²) in [7, 11) is 0. The highest BCUT2D eigenvalue weighted by atomic mass is 19.4. The second kappa shape index (κ2) is 10.0. The first-order valence-corrected chi connectivity index (χ1v) is 11.8. The van der Waals surface area contributed by atoms with E-state index in [0.717, 1.165) is 12.1 Å². The number of alkyl halides is 3. The first kappa shape index (κ1) is 26.4. The Kier molecular flexibility index (Phi) is 7.13. The minimum atomic E-state index is -4.41. The first-order chi connectivity index (χ1) is 17.3. The van der Waals surface area contributed by atoms with Crippen molar-refractivity contribution in [3.63, 3.8) is 0 Å². The number of aromatic nitrogens is 4. The molecular weight excluding hydrogens is 489 g/mol. The second-order valence-corrected chi connectivity index (χ2v) is 10.1. The Balaban J connectivity index is 1.47. The number of nitrogens with zero attached hydrogens (tertiary/aromatic N) is 5. The monoisotopic (exact) mass is 518 g/mol. The molecule has 2 heterocycles. The smallest absolute Gasteiger partial charge is 0.416 e. The normalized spacial score (nSPS) is 18.5. The van der Waals surface area contributed by atoms with E-state index in [-0.39, 0.29) is 18.9 Å². The maximum atomic E-state index is 12.9. The van der Waals surface area contributed by atoms with Gasteiger partial charge in [-0.1, -0.05) is 12.1 Å². The van der Waals surface area contributed by atoms with Gasteiger partial charge in [0.2, 0.25) is 5.82 Å². The van der Waals surface area contributed by atoms with Crippen molar-refractivity contribution in [1.29, 1.82) is 0 Å². The summed E-state index contributed by atoms with van der Waals surface area (Å²) in [6.45, 7) is 5.93. The van der Waals surface area contributed by atoms with Crippen molar-refractivity contribution in [3.8, 4) is 11.4 Å². The maximum Gasteiger partial charge on any atom is 0.416 e. The van der Waals surface area contributed by atoms with Crippen LogP contribution in [0.5, 0.6) is 0 Å². The molecule has 198 valence electrons. The molecular formula is C25H29F3N6O3. The molecule has 1 fully saturated rings. The van der Waals surface area contributed by atoms with Gasteiger partial charge < -0.3 is 20.1 Å². The standard InChI is InChI=1S/C25H29F3N6O3/c1-23(2,3)37-22(35)33-14-6-13-24(36,15-33)16-34-31-21(30-32-34)19-7-4-5-8-20(19)29-18-11-9-17(10-12-18)25(26,27)28/h4-5,7-12,29,36H,6,13-16H2,1-3H3. The molecule has 0 bridgehead atoms. The number of rotatable bonds is 5. The lowest BCUT2D eigenvalue weighted by atomic mass is 9.93. The first-order valence-electron chi connectivity index (χ1n) is 11.8. The lowest BCUT2D eigenvalue weighted by Crippen LogP contribution is -2.53. The number of hydrogen-bond acceptors (Lipinski definition) is 7. The third kappa shape index (κ3) is 6.76. The van der Waals surface area contributed by atoms with Crippen molar-refractivity contribution in [2.75, 3.05) is 18.4 Å². The van der Waals surface area contributed by atoms with Crippen LogP contribution in [0.4, 0.5) is 29.3 Å². The number of ether oxygens (including phenoxy) is 1. The summed E-state index contributed by atoms with van der Waals surface area (Å²) < 4.78 is 44.0. The Morgan fingerprint density at radius 2 is 1.84 bits per heavy atom. The van der Waals surface area contributed by atoms with Gasteiger partial charge in [-0.25, -0.2) is 4.79 Å². The van der Waals surface area contributed by atoms with E-state index in [1.165, 1.54) is 21.8 Å². The highest BCUT2D eigenvalue weighted by molar-refractivity contribution is 5.77. The number of likely N-dealkylation sites (tertiary alicyclic amines) is 1. The number of hydrogen-bond donors (Lipinski definition) is 2. The predicted molar refractivity (Wildman–Crippen MR) is 130 cm³/mol. The number of aliphatic hydroxyl groups is 1. The number of nitrogens with one attached hydrogen (secondary N) is 1. The van der Waals surface area contributed by atoms with Crippen molar-refractivity contribution in [3.05, 3.63) is 54.1 Å². The SMILES string of the molecule is CC(C)(C)OC(=O)N1CCCC(O)(Cn2nnc(-c3ccccc3Nc3ccc(C(F)(F)F)cc3)n2)C1. The fourth-order valence-corrected chi connectivity index (χ4v) is 4.09. The van der Waals surface area contributed by atoms with Gasteiger partial charge in [-0.2, -0.15) is 18.0 Å². The molecule has 0 radical (unpaired) electrons. The number of amides is 1. The van der Waals surface area contributed by atoms with Crippen molar-refractivity contribution in [2.45, 2.75) is 57.5 Å². The molecule has 1 aliphatic rings. The van der Waals surface area contributed by atoms with E-state index in [0.29, 0.717) is 36.3 Å². The quantitative estimate of drug-likeness (QED) is 0.497. The van der Waals surface area contributed by atoms with Crippen molar-refractivity contribution in [1.82, 2.24) is 25.1 Å². The van der Waals surface area contributed by atoms with Gasteiger partial charge in [0.05, 0.1) is 18.7 Å². The summed E-state index contributed by atoms with van der Waals surface area (Å²) in [5.41, 5.74) is -1.01. The van der Waals surface area contributed by atoms with Crippen LogP contribution in [0.2, 0.25) is 0 Å². The van der Waals surface area contributed by atoms with Crippen LogP contribution < -0.4 is 5.32 Å². The van der Waals surface area contributed by atoms with Gasteiger partial charge >= 0.3 is 12.3 Å². The molecule has 1 saturated heterocycles. The number of anilines is 2. The van der Waals surface area contributed by atoms with Crippen LogP contribution in [0, 0.1) is 0 Å². The number of carbonyl (C=O) groups is 1. The Labute approximate surface area is 212 Å². The largest absolute Gasteiger partial charge is 0.444 e. The molecule has 1 aromatic heterocycles. The molecule has 1 aliphatic heterocycles. The number of carbonyl (C=O) groups excluding carboxylic acids is 1. The molecule has 0 aliphatic carbocycles. The zero-order chi connectivity index (χ0) is 26.8. The predicted octanol–water partition coefficient (Wildman–Crippen LogP) is 4.86. The fraction of sp³-hybridized carbons (Fsp3) is 0.440. The molecule has 1 unspecified atom stereocenters. The maximum absolute atomic E-state index is 12.9. The summed E-state index contributed by atoms with van der Waals surface area (Å²) >= 11 is 0. The molecule has 9 nitrogen and oxygen atoms in total. The van der Waals surface area contributed by atoms with E-state index in [1.54, 1.807) is 45.0 Å². The van der Waals surface area contributed by atoms with Crippen molar-refractivity contribution in [2.24, 2.45) is 0 Å². The average molecular weight is 519 g/mol. The van der Waals surface area contributed by atoms with Gasteiger partial charge in [0.25, 0.3) is 0 Å². The number of para-hydroxylation sites is 1. The van der Waals surface area contributed by atoms with E-state index in [9.17, 15) is 23.1 Å². The minimum Gasteiger partial charge on any atom is -0.444 e. The lowest BCUT2D eigenvalue weighted by Gasteiger charge is -2.39. The summed E-state index contributed by atoms with van der Waals surface area (Å²) in [5, 5.41) is 26.9. The van der Waals surface area contributed by atoms with Gasteiger partial charge in [-0.3, -0.25) is 0 Å². The van der Waals surface area contributed by atoms with Gasteiger partial charge in [0.1, 0.15) is 11.2 Å². The van der Waals surface area contributed by atoms with Crippen LogP contribution in [-0.4, -0.2) is 60.6 Å². The average Bonchev–Trinajstić information content (AvgIpc) is 3.25. The van der Waals surface area contributed by atoms with Crippen molar-refractivity contribution >= 4 is 17.5 Å². The fourth-order valence-electron chi connectivity index (χ4n) is 4.09. The number of β-amino-alcohol motifs (C(OH)–C–C–N with tert-alkyl or cyclic N) is 1. The molecule has 3 aromatic rings. The molecule has 37 heavy (non-hydrogen) atoms. The second-order valence-electron chi connectivity index (χ2n) is 10.1. The van der Waals surface area contributed by atoms with Gasteiger partial charge in [0, 0.05) is 23.5 Å². The van der Waals surface area contributed by atoms with Crippen molar-refractivity contribution < 1.29 is 27.8 Å². The van der Waals surface area contributed by atoms with Gasteiger partial charge in [-0.05, 0) is 75.2 Å². The molecule has 0 spiro atoms. The third-order valence-corrected chi connectivity index (χ3v) is 5.75. The lowest BCUT2D eigenvalue weighted by molar-refractivity contribution is -0.137. The molecule has 4 rings (SSSR count). The number of halogens is 3. The van der Waals surface area contributed by atoms with Crippen LogP contribution in [0.1, 0.15) is 39.2 Å². The van der Waals surface area contributed by atoms with E-state index in [4.69, 9.17) is 4.74 Å². The highest BCUT2D eigenvalue weighted by Crippen LogP contribution is 2.32. The van der Waals surface area contributed by atoms with Crippen LogP contribution in [0.3, 0.4) is 0 Å². The zero-order valence-electron chi connectivity index (χ0n) is 20.8. The number of benzene rings is 2. The Morgan fingerprint density at radius 3 is 2.51 bits per heavy atom. The Bertz CT molecular complexity index is 1240. The van der Waals surface area contributed by atoms with E-state index >= 15 is 0 Å². The molecule has 1 amide bonds. The zero-order valence-corrected chi connectivity index (χ0v) is 20.8. The number of tetrazole rings is 1. The summed E-state index contributed by atoms with van der Waals surface area (Å²) in [6, 6.07) is 11.8. The molecule has 0 saturated carbocycles. The van der Waals surface area contributed by atoms with Crippen LogP contribution in [0.15, 0.2) is 48.5 Å². The van der Waals surface area contributed by atoms with Crippen LogP contribution in [0.25, 0.3) is 11.4 Å². The van der Waals surface area contributed by atoms with E-state index in [1.807, 2.05) is 0 Å². The summed E-state index contributed by atoms with van der Waals surface area (Å²) in [4.78, 5) is 15.2.